The van der Waals surface area contributed by atoms with Gasteiger partial charge in [-0.1, -0.05) is 12.1 Å². The maximum atomic E-state index is 12.1. The van der Waals surface area contributed by atoms with E-state index in [4.69, 9.17) is 28.4 Å². The number of para-hydroxylation sites is 1. The highest BCUT2D eigenvalue weighted by Crippen LogP contribution is 2.38. The second-order valence-electron chi connectivity index (χ2n) is 5.56. The van der Waals surface area contributed by atoms with E-state index in [0.717, 1.165) is 0 Å². The zero-order valence-electron chi connectivity index (χ0n) is 16.6. The number of ether oxygens (including phenoxy) is 6. The van der Waals surface area contributed by atoms with Crippen molar-refractivity contribution in [3.05, 3.63) is 47.5 Å². The maximum Gasteiger partial charge on any atom is 0.331 e. The molecule has 2 rings (SSSR count). The molecule has 0 fully saturated rings. The van der Waals surface area contributed by atoms with Crippen molar-refractivity contribution in [2.45, 2.75) is 6.61 Å². The summed E-state index contributed by atoms with van der Waals surface area (Å²) in [4.78, 5) is 12.1. The van der Waals surface area contributed by atoms with E-state index in [1.54, 1.807) is 31.4 Å². The maximum absolute atomic E-state index is 12.1. The van der Waals surface area contributed by atoms with Crippen molar-refractivity contribution in [3.63, 3.8) is 0 Å². The summed E-state index contributed by atoms with van der Waals surface area (Å²) in [5.74, 6) is 2.08. The van der Waals surface area contributed by atoms with Crippen molar-refractivity contribution in [1.29, 1.82) is 0 Å². The molecule has 0 unspecified atom stereocenters. The Hall–Kier alpha value is -3.35. The van der Waals surface area contributed by atoms with Gasteiger partial charge >= 0.3 is 5.97 Å². The minimum Gasteiger partial charge on any atom is -0.493 e. The van der Waals surface area contributed by atoms with Gasteiger partial charge in [-0.25, -0.2) is 4.79 Å². The van der Waals surface area contributed by atoms with E-state index in [9.17, 15) is 4.79 Å². The van der Waals surface area contributed by atoms with E-state index >= 15 is 0 Å². The fourth-order valence-electron chi connectivity index (χ4n) is 2.62. The molecule has 7 heteroatoms. The predicted octanol–water partition coefficient (Wildman–Crippen LogP) is 3.49. The van der Waals surface area contributed by atoms with Gasteiger partial charge in [-0.05, 0) is 29.8 Å². The van der Waals surface area contributed by atoms with Gasteiger partial charge in [0.15, 0.2) is 23.0 Å². The minimum absolute atomic E-state index is 0.0507. The third-order valence-corrected chi connectivity index (χ3v) is 3.94. The molecule has 0 bridgehead atoms. The standard InChI is InChI=1S/C21H24O7/c1-23-16-8-6-7-15(20(16)26-4)9-10-19(22)28-13-14-11-17(24-2)21(27-5)18(12-14)25-3/h6-12H,13H2,1-5H3/b10-9+. The fraction of sp³-hybridized carbons (Fsp3) is 0.286. The molecule has 0 heterocycles. The first kappa shape index (κ1) is 21.0. The number of esters is 1. The molecule has 0 aliphatic rings. The molecule has 0 saturated carbocycles. The van der Waals surface area contributed by atoms with Crippen molar-refractivity contribution in [2.75, 3.05) is 35.5 Å². The summed E-state index contributed by atoms with van der Waals surface area (Å²) >= 11 is 0. The van der Waals surface area contributed by atoms with Crippen molar-refractivity contribution in [3.8, 4) is 28.7 Å². The first-order valence-corrected chi connectivity index (χ1v) is 8.42. The van der Waals surface area contributed by atoms with Crippen LogP contribution in [0, 0.1) is 0 Å². The molecule has 7 nitrogen and oxygen atoms in total. The third-order valence-electron chi connectivity index (χ3n) is 3.94. The number of carbonyl (C=O) groups is 1. The normalized spacial score (nSPS) is 10.5. The van der Waals surface area contributed by atoms with Crippen LogP contribution < -0.4 is 23.7 Å². The number of hydrogen-bond donors (Lipinski definition) is 0. The van der Waals surface area contributed by atoms with E-state index in [1.165, 1.54) is 34.5 Å². The number of rotatable bonds is 9. The van der Waals surface area contributed by atoms with Crippen LogP contribution in [0.2, 0.25) is 0 Å². The zero-order chi connectivity index (χ0) is 20.5. The Balaban J connectivity index is 2.10. The molecule has 0 radical (unpaired) electrons. The SMILES string of the molecule is COc1cccc(/C=C/C(=O)OCc2cc(OC)c(OC)c(OC)c2)c1OC. The van der Waals surface area contributed by atoms with Gasteiger partial charge in [-0.2, -0.15) is 0 Å². The van der Waals surface area contributed by atoms with Gasteiger partial charge in [0, 0.05) is 11.6 Å². The second kappa shape index (κ2) is 10.1. The highest BCUT2D eigenvalue weighted by molar-refractivity contribution is 5.87. The Bertz CT molecular complexity index is 818. The molecule has 150 valence electrons. The quantitative estimate of drug-likeness (QED) is 0.481. The van der Waals surface area contributed by atoms with Crippen molar-refractivity contribution >= 4 is 12.0 Å². The average Bonchev–Trinajstić information content (AvgIpc) is 2.74. The van der Waals surface area contributed by atoms with Gasteiger partial charge in [-0.15, -0.1) is 0 Å². The predicted molar refractivity (Wildman–Crippen MR) is 104 cm³/mol. The smallest absolute Gasteiger partial charge is 0.331 e. The molecule has 0 aromatic heterocycles. The molecular formula is C21H24O7. The van der Waals surface area contributed by atoms with E-state index in [0.29, 0.717) is 39.9 Å². The summed E-state index contributed by atoms with van der Waals surface area (Å²) < 4.78 is 31.7. The van der Waals surface area contributed by atoms with E-state index in [-0.39, 0.29) is 6.61 Å². The number of hydrogen-bond acceptors (Lipinski definition) is 7. The summed E-state index contributed by atoms with van der Waals surface area (Å²) in [6, 6.07) is 8.85. The molecule has 0 spiro atoms. The van der Waals surface area contributed by atoms with Gasteiger partial charge in [-0.3, -0.25) is 0 Å². The van der Waals surface area contributed by atoms with Gasteiger partial charge in [0.05, 0.1) is 35.5 Å². The van der Waals surface area contributed by atoms with Gasteiger partial charge in [0.2, 0.25) is 5.75 Å². The highest BCUT2D eigenvalue weighted by atomic mass is 16.5. The largest absolute Gasteiger partial charge is 0.493 e. The monoisotopic (exact) mass is 388 g/mol. The van der Waals surface area contributed by atoms with Crippen LogP contribution in [0.3, 0.4) is 0 Å². The topological polar surface area (TPSA) is 72.5 Å². The third kappa shape index (κ3) is 4.88. The minimum atomic E-state index is -0.501. The Labute approximate surface area is 164 Å². The van der Waals surface area contributed by atoms with Crippen LogP contribution in [-0.4, -0.2) is 41.5 Å². The fourth-order valence-corrected chi connectivity index (χ4v) is 2.62. The van der Waals surface area contributed by atoms with Crippen LogP contribution in [0.4, 0.5) is 0 Å². The van der Waals surface area contributed by atoms with Crippen molar-refractivity contribution in [2.24, 2.45) is 0 Å². The Kier molecular flexibility index (Phi) is 7.56. The molecule has 0 amide bonds. The zero-order valence-corrected chi connectivity index (χ0v) is 16.6. The van der Waals surface area contributed by atoms with Gasteiger partial charge in [0.25, 0.3) is 0 Å². The summed E-state index contributed by atoms with van der Waals surface area (Å²) in [6.07, 6.45) is 2.94. The number of carbonyl (C=O) groups excluding carboxylic acids is 1. The lowest BCUT2D eigenvalue weighted by Gasteiger charge is -2.14. The van der Waals surface area contributed by atoms with E-state index in [1.807, 2.05) is 12.1 Å². The molecule has 0 aliphatic heterocycles. The first-order valence-electron chi connectivity index (χ1n) is 8.42. The van der Waals surface area contributed by atoms with Crippen LogP contribution >= 0.6 is 0 Å². The lowest BCUT2D eigenvalue weighted by molar-refractivity contribution is -0.138. The molecule has 2 aromatic carbocycles. The Morgan fingerprint density at radius 2 is 1.43 bits per heavy atom. The molecule has 0 saturated heterocycles. The van der Waals surface area contributed by atoms with Crippen LogP contribution in [-0.2, 0) is 16.1 Å². The van der Waals surface area contributed by atoms with Crippen LogP contribution in [0.15, 0.2) is 36.4 Å². The first-order chi connectivity index (χ1) is 13.6. The second-order valence-corrected chi connectivity index (χ2v) is 5.56. The molecule has 0 N–H and O–H groups in total. The Morgan fingerprint density at radius 1 is 0.821 bits per heavy atom. The molecule has 0 aliphatic carbocycles. The van der Waals surface area contributed by atoms with E-state index < -0.39 is 5.97 Å². The van der Waals surface area contributed by atoms with Crippen LogP contribution in [0.5, 0.6) is 28.7 Å². The number of benzene rings is 2. The summed E-state index contributed by atoms with van der Waals surface area (Å²) in [5, 5.41) is 0. The van der Waals surface area contributed by atoms with Crippen LogP contribution in [0.1, 0.15) is 11.1 Å². The van der Waals surface area contributed by atoms with E-state index in [2.05, 4.69) is 0 Å². The summed E-state index contributed by atoms with van der Waals surface area (Å²) in [5.41, 5.74) is 1.40. The van der Waals surface area contributed by atoms with Crippen LogP contribution in [0.25, 0.3) is 6.08 Å². The molecular weight excluding hydrogens is 364 g/mol. The summed E-state index contributed by atoms with van der Waals surface area (Å²) in [7, 11) is 7.67. The van der Waals surface area contributed by atoms with Crippen molar-refractivity contribution in [1.82, 2.24) is 0 Å². The average molecular weight is 388 g/mol. The number of methoxy groups -OCH3 is 5. The van der Waals surface area contributed by atoms with Crippen molar-refractivity contribution < 1.29 is 33.2 Å². The Morgan fingerprint density at radius 3 is 1.96 bits per heavy atom. The lowest BCUT2D eigenvalue weighted by atomic mass is 10.1. The lowest BCUT2D eigenvalue weighted by Crippen LogP contribution is -2.03. The molecule has 0 atom stereocenters. The molecule has 2 aromatic rings. The highest BCUT2D eigenvalue weighted by Gasteiger charge is 2.14. The molecule has 28 heavy (non-hydrogen) atoms. The summed E-state index contributed by atoms with van der Waals surface area (Å²) in [6.45, 7) is 0.0507. The van der Waals surface area contributed by atoms with Gasteiger partial charge in [0.1, 0.15) is 6.61 Å². The van der Waals surface area contributed by atoms with Gasteiger partial charge < -0.3 is 28.4 Å².